The van der Waals surface area contributed by atoms with Crippen molar-refractivity contribution in [1.82, 2.24) is 0 Å². The van der Waals surface area contributed by atoms with Crippen molar-refractivity contribution in [1.29, 1.82) is 0 Å². The zero-order chi connectivity index (χ0) is 9.38. The first-order chi connectivity index (χ1) is 6.93. The standard InChI is InChI=1S/C14H8/c1-2-6-12-10-14-8-4-3-7-13(14)9-11(12)5-1/h1-3,6-10H. The van der Waals surface area contributed by atoms with Crippen LogP contribution in [0.4, 0.5) is 0 Å². The van der Waals surface area contributed by atoms with Crippen molar-refractivity contribution < 1.29 is 0 Å². The summed E-state index contributed by atoms with van der Waals surface area (Å²) in [6.45, 7) is 0. The molecule has 3 rings (SSSR count). The molecule has 0 amide bonds. The van der Waals surface area contributed by atoms with E-state index in [1.807, 2.05) is 24.3 Å². The van der Waals surface area contributed by atoms with Crippen molar-refractivity contribution in [2.75, 3.05) is 0 Å². The molecule has 0 atom stereocenters. The highest BCUT2D eigenvalue weighted by molar-refractivity contribution is 5.97. The fraction of sp³-hybridized carbons (Fsp3) is 0. The van der Waals surface area contributed by atoms with Gasteiger partial charge in [-0.3, -0.25) is 0 Å². The van der Waals surface area contributed by atoms with Gasteiger partial charge in [0.1, 0.15) is 0 Å². The van der Waals surface area contributed by atoms with Crippen LogP contribution in [0, 0.1) is 12.1 Å². The van der Waals surface area contributed by atoms with Gasteiger partial charge in [-0.05, 0) is 51.9 Å². The SMILES string of the molecule is [c]1ccc2cc3[c]cccc3cc2c1. The largest absolute Gasteiger partial charge is 0.0610 e. The van der Waals surface area contributed by atoms with Crippen LogP contribution in [0.1, 0.15) is 0 Å². The predicted molar refractivity (Wildman–Crippen MR) is 59.1 cm³/mol. The lowest BCUT2D eigenvalue weighted by Gasteiger charge is -2.00. The quantitative estimate of drug-likeness (QED) is 0.459. The Labute approximate surface area is 82.8 Å². The topological polar surface area (TPSA) is 0 Å². The molecule has 0 aliphatic heterocycles. The molecule has 14 heavy (non-hydrogen) atoms. The molecule has 0 spiro atoms. The molecule has 0 fully saturated rings. The van der Waals surface area contributed by atoms with Crippen molar-refractivity contribution in [2.45, 2.75) is 0 Å². The Bertz CT molecular complexity index is 489. The van der Waals surface area contributed by atoms with E-state index in [1.54, 1.807) is 0 Å². The van der Waals surface area contributed by atoms with Crippen LogP contribution in [0.3, 0.4) is 0 Å². The van der Waals surface area contributed by atoms with Crippen LogP contribution >= 0.6 is 0 Å². The van der Waals surface area contributed by atoms with Crippen LogP contribution in [-0.4, -0.2) is 0 Å². The Hall–Kier alpha value is -1.82. The van der Waals surface area contributed by atoms with Crippen molar-refractivity contribution in [3.8, 4) is 0 Å². The van der Waals surface area contributed by atoms with Gasteiger partial charge in [0.15, 0.2) is 0 Å². The summed E-state index contributed by atoms with van der Waals surface area (Å²) in [7, 11) is 0. The Balaban J connectivity index is 2.52. The lowest BCUT2D eigenvalue weighted by atomic mass is 10.0. The summed E-state index contributed by atoms with van der Waals surface area (Å²) in [6, 6.07) is 22.8. The molecule has 0 unspecified atom stereocenters. The van der Waals surface area contributed by atoms with Crippen molar-refractivity contribution in [3.05, 3.63) is 60.7 Å². The molecule has 2 radical (unpaired) electrons. The van der Waals surface area contributed by atoms with E-state index >= 15 is 0 Å². The fourth-order valence-corrected chi connectivity index (χ4v) is 1.75. The van der Waals surface area contributed by atoms with E-state index in [-0.39, 0.29) is 0 Å². The van der Waals surface area contributed by atoms with Crippen LogP contribution in [0.2, 0.25) is 0 Å². The van der Waals surface area contributed by atoms with E-state index in [2.05, 4.69) is 36.4 Å². The van der Waals surface area contributed by atoms with Gasteiger partial charge in [-0.1, -0.05) is 30.3 Å². The monoisotopic (exact) mass is 176 g/mol. The maximum absolute atomic E-state index is 3.23. The summed E-state index contributed by atoms with van der Waals surface area (Å²) in [4.78, 5) is 0. The lowest BCUT2D eigenvalue weighted by Crippen LogP contribution is -1.75. The zero-order valence-electron chi connectivity index (χ0n) is 7.62. The normalized spacial score (nSPS) is 10.9. The molecule has 0 aromatic heterocycles. The van der Waals surface area contributed by atoms with Gasteiger partial charge in [0.25, 0.3) is 0 Å². The Morgan fingerprint density at radius 3 is 2.86 bits per heavy atom. The number of rotatable bonds is 0. The maximum atomic E-state index is 3.23. The molecule has 0 saturated heterocycles. The number of benzene rings is 3. The predicted octanol–water partition coefficient (Wildman–Crippen LogP) is 3.59. The first-order valence-corrected chi connectivity index (χ1v) is 4.64. The Kier molecular flexibility index (Phi) is 1.54. The van der Waals surface area contributed by atoms with E-state index < -0.39 is 0 Å². The first kappa shape index (κ1) is 7.57. The molecule has 0 heterocycles. The third-order valence-corrected chi connectivity index (χ3v) is 2.46. The molecule has 0 aliphatic rings. The molecule has 0 aliphatic carbocycles. The van der Waals surface area contributed by atoms with Crippen LogP contribution < -0.4 is 0 Å². The molecular weight excluding hydrogens is 168 g/mol. The van der Waals surface area contributed by atoms with Crippen molar-refractivity contribution >= 4 is 21.5 Å². The van der Waals surface area contributed by atoms with E-state index in [4.69, 9.17) is 0 Å². The average molecular weight is 176 g/mol. The van der Waals surface area contributed by atoms with Crippen LogP contribution in [0.15, 0.2) is 48.5 Å². The van der Waals surface area contributed by atoms with Gasteiger partial charge < -0.3 is 0 Å². The van der Waals surface area contributed by atoms with Gasteiger partial charge in [-0.2, -0.15) is 0 Å². The number of hydrogen-bond donors (Lipinski definition) is 0. The third-order valence-electron chi connectivity index (χ3n) is 2.46. The smallest absolute Gasteiger partial charge is 0.00988 e. The highest BCUT2D eigenvalue weighted by atomic mass is 14.0. The summed E-state index contributed by atoms with van der Waals surface area (Å²) in [6.07, 6.45) is 0. The fourth-order valence-electron chi connectivity index (χ4n) is 1.75. The second kappa shape index (κ2) is 2.85. The van der Waals surface area contributed by atoms with Crippen molar-refractivity contribution in [3.63, 3.8) is 0 Å². The summed E-state index contributed by atoms with van der Waals surface area (Å²) < 4.78 is 0. The molecule has 0 heteroatoms. The maximum Gasteiger partial charge on any atom is -0.00988 e. The summed E-state index contributed by atoms with van der Waals surface area (Å²) in [5.74, 6) is 0. The van der Waals surface area contributed by atoms with Gasteiger partial charge in [0.05, 0.1) is 0 Å². The van der Waals surface area contributed by atoms with Gasteiger partial charge in [-0.15, -0.1) is 0 Å². The third kappa shape index (κ3) is 1.08. The molecule has 0 saturated carbocycles. The van der Waals surface area contributed by atoms with Gasteiger partial charge in [0.2, 0.25) is 0 Å². The highest BCUT2D eigenvalue weighted by Crippen LogP contribution is 2.21. The summed E-state index contributed by atoms with van der Waals surface area (Å²) in [5.41, 5.74) is 0. The van der Waals surface area contributed by atoms with Gasteiger partial charge >= 0.3 is 0 Å². The van der Waals surface area contributed by atoms with Crippen LogP contribution in [0.5, 0.6) is 0 Å². The van der Waals surface area contributed by atoms with Crippen LogP contribution in [-0.2, 0) is 0 Å². The van der Waals surface area contributed by atoms with Gasteiger partial charge in [0, 0.05) is 0 Å². The molecule has 3 aromatic rings. The van der Waals surface area contributed by atoms with E-state index in [1.165, 1.54) is 21.5 Å². The molecule has 64 valence electrons. The van der Waals surface area contributed by atoms with Crippen LogP contribution in [0.25, 0.3) is 21.5 Å². The molecule has 0 N–H and O–H groups in total. The Morgan fingerprint density at radius 2 is 1.86 bits per heavy atom. The summed E-state index contributed by atoms with van der Waals surface area (Å²) >= 11 is 0. The minimum Gasteiger partial charge on any atom is -0.0610 e. The van der Waals surface area contributed by atoms with E-state index in [0.29, 0.717) is 0 Å². The minimum atomic E-state index is 1.17. The minimum absolute atomic E-state index is 1.17. The average Bonchev–Trinajstić information content (AvgIpc) is 2.26. The molecule has 0 bridgehead atoms. The molecular formula is C14H8. The second-order valence-corrected chi connectivity index (χ2v) is 3.38. The molecule has 3 aromatic carbocycles. The number of hydrogen-bond acceptors (Lipinski definition) is 0. The van der Waals surface area contributed by atoms with E-state index in [0.717, 1.165) is 0 Å². The first-order valence-electron chi connectivity index (χ1n) is 4.64. The van der Waals surface area contributed by atoms with E-state index in [9.17, 15) is 0 Å². The zero-order valence-corrected chi connectivity index (χ0v) is 7.62. The number of fused-ring (bicyclic) bond motifs is 2. The lowest BCUT2D eigenvalue weighted by molar-refractivity contribution is 1.75. The van der Waals surface area contributed by atoms with Crippen molar-refractivity contribution in [2.24, 2.45) is 0 Å². The van der Waals surface area contributed by atoms with Gasteiger partial charge in [-0.25, -0.2) is 0 Å². The Morgan fingerprint density at radius 1 is 0.857 bits per heavy atom. The highest BCUT2D eigenvalue weighted by Gasteiger charge is 1.95. The second-order valence-electron chi connectivity index (χ2n) is 3.38. The molecule has 0 nitrogen and oxygen atoms in total. The summed E-state index contributed by atoms with van der Waals surface area (Å²) in [5, 5.41) is 4.89.